The Kier molecular flexibility index (Phi) is 5.62. The summed E-state index contributed by atoms with van der Waals surface area (Å²) < 4.78 is 5.23. The molecule has 0 saturated carbocycles. The molecule has 6 heteroatoms. The van der Waals surface area contributed by atoms with Crippen LogP contribution in [0.25, 0.3) is 11.3 Å². The molecule has 1 atom stereocenters. The first-order chi connectivity index (χ1) is 12.7. The first kappa shape index (κ1) is 17.6. The zero-order chi connectivity index (χ0) is 18.4. The third-order valence-corrected chi connectivity index (χ3v) is 4.78. The molecule has 0 spiro atoms. The molecule has 130 valence electrons. The minimum absolute atomic E-state index is 0.230. The number of hydrogen-bond donors (Lipinski definition) is 1. The molecule has 3 aromatic rings. The van der Waals surface area contributed by atoms with E-state index in [1.807, 2.05) is 54.8 Å². The lowest BCUT2D eigenvalue weighted by molar-refractivity contribution is 0.136. The summed E-state index contributed by atoms with van der Waals surface area (Å²) in [7, 11) is 0. The van der Waals surface area contributed by atoms with Gasteiger partial charge in [0.2, 0.25) is 0 Å². The Morgan fingerprint density at radius 2 is 1.96 bits per heavy atom. The van der Waals surface area contributed by atoms with Crippen LogP contribution in [0.5, 0.6) is 0 Å². The van der Waals surface area contributed by atoms with Crippen molar-refractivity contribution in [1.29, 1.82) is 5.26 Å². The van der Waals surface area contributed by atoms with Gasteiger partial charge < -0.3 is 10.1 Å². The summed E-state index contributed by atoms with van der Waals surface area (Å²) in [5, 5.41) is 14.4. The monoisotopic (exact) mass is 363 g/mol. The number of thiazole rings is 1. The minimum Gasteiger partial charge on any atom is -0.445 e. The highest BCUT2D eigenvalue weighted by Gasteiger charge is 2.15. The number of benzene rings is 2. The Labute approximate surface area is 155 Å². The lowest BCUT2D eigenvalue weighted by Gasteiger charge is -2.11. The number of ether oxygens (including phenoxy) is 1. The molecule has 3 rings (SSSR count). The molecule has 0 bridgehead atoms. The number of aromatic nitrogens is 1. The largest absolute Gasteiger partial charge is 0.445 e. The summed E-state index contributed by atoms with van der Waals surface area (Å²) in [6, 6.07) is 18.6. The van der Waals surface area contributed by atoms with Crippen molar-refractivity contribution in [2.45, 2.75) is 19.6 Å². The van der Waals surface area contributed by atoms with Crippen LogP contribution in [0.4, 0.5) is 4.79 Å². The van der Waals surface area contributed by atoms with Crippen molar-refractivity contribution in [2.24, 2.45) is 0 Å². The van der Waals surface area contributed by atoms with Crippen LogP contribution in [0.15, 0.2) is 60.0 Å². The Bertz CT molecular complexity index is 914. The summed E-state index contributed by atoms with van der Waals surface area (Å²) in [6.07, 6.45) is -0.475. The smallest absolute Gasteiger partial charge is 0.408 e. The maximum Gasteiger partial charge on any atom is 0.408 e. The van der Waals surface area contributed by atoms with E-state index in [1.54, 1.807) is 12.1 Å². The number of alkyl carbamates (subject to hydrolysis) is 1. The van der Waals surface area contributed by atoms with E-state index in [9.17, 15) is 4.79 Å². The first-order valence-corrected chi connectivity index (χ1v) is 8.97. The Morgan fingerprint density at radius 3 is 2.65 bits per heavy atom. The number of hydrogen-bond acceptors (Lipinski definition) is 5. The van der Waals surface area contributed by atoms with Gasteiger partial charge in [0.1, 0.15) is 11.6 Å². The average molecular weight is 363 g/mol. The van der Waals surface area contributed by atoms with E-state index in [0.29, 0.717) is 5.56 Å². The molecule has 0 radical (unpaired) electrons. The fraction of sp³-hybridized carbons (Fsp3) is 0.150. The summed E-state index contributed by atoms with van der Waals surface area (Å²) in [4.78, 5) is 16.5. The molecule has 5 nitrogen and oxygen atoms in total. The molecule has 0 aliphatic rings. The van der Waals surface area contributed by atoms with E-state index in [1.165, 1.54) is 11.3 Å². The van der Waals surface area contributed by atoms with Crippen LogP contribution in [-0.2, 0) is 11.3 Å². The van der Waals surface area contributed by atoms with E-state index in [0.717, 1.165) is 21.8 Å². The zero-order valence-corrected chi connectivity index (χ0v) is 15.0. The number of nitrogens with one attached hydrogen (secondary N) is 1. The molecule has 26 heavy (non-hydrogen) atoms. The lowest BCUT2D eigenvalue weighted by Crippen LogP contribution is -2.27. The summed E-state index contributed by atoms with van der Waals surface area (Å²) in [5.74, 6) is 0. The van der Waals surface area contributed by atoms with Crippen molar-refractivity contribution >= 4 is 17.4 Å². The quantitative estimate of drug-likeness (QED) is 0.715. The minimum atomic E-state index is -0.475. The molecule has 1 unspecified atom stereocenters. The Balaban J connectivity index is 1.58. The van der Waals surface area contributed by atoms with Gasteiger partial charge in [-0.05, 0) is 24.6 Å². The van der Waals surface area contributed by atoms with Crippen molar-refractivity contribution in [1.82, 2.24) is 10.3 Å². The fourth-order valence-corrected chi connectivity index (χ4v) is 3.17. The van der Waals surface area contributed by atoms with Gasteiger partial charge in [0.15, 0.2) is 0 Å². The standard InChI is InChI=1S/C20H17N3O2S/c1-14(22-20(24)25-12-16-5-3-2-4-6-16)19-23-18(13-26-19)17-9-7-15(11-21)8-10-17/h2-10,13-14H,12H2,1H3,(H,22,24). The molecule has 0 saturated heterocycles. The van der Waals surface area contributed by atoms with E-state index in [4.69, 9.17) is 10.00 Å². The molecule has 1 N–H and O–H groups in total. The van der Waals surface area contributed by atoms with Crippen molar-refractivity contribution in [2.75, 3.05) is 0 Å². The van der Waals surface area contributed by atoms with Gasteiger partial charge in [-0.3, -0.25) is 0 Å². The summed E-state index contributed by atoms with van der Waals surface area (Å²) >= 11 is 1.47. The van der Waals surface area contributed by atoms with Gasteiger partial charge in [0.05, 0.1) is 23.4 Å². The molecular formula is C20H17N3O2S. The van der Waals surface area contributed by atoms with Crippen LogP contribution >= 0.6 is 11.3 Å². The second kappa shape index (κ2) is 8.28. The maximum absolute atomic E-state index is 12.0. The summed E-state index contributed by atoms with van der Waals surface area (Å²) in [6.45, 7) is 2.10. The molecule has 1 amide bonds. The predicted octanol–water partition coefficient (Wildman–Crippen LogP) is 4.67. The average Bonchev–Trinajstić information content (AvgIpc) is 3.18. The van der Waals surface area contributed by atoms with Crippen LogP contribution in [0.3, 0.4) is 0 Å². The van der Waals surface area contributed by atoms with Crippen molar-refractivity contribution in [3.05, 3.63) is 76.1 Å². The first-order valence-electron chi connectivity index (χ1n) is 8.09. The fourth-order valence-electron chi connectivity index (χ4n) is 2.34. The van der Waals surface area contributed by atoms with E-state index in [2.05, 4.69) is 16.4 Å². The number of nitrogens with zero attached hydrogens (tertiary/aromatic N) is 2. The summed E-state index contributed by atoms with van der Waals surface area (Å²) in [5.41, 5.74) is 3.30. The van der Waals surface area contributed by atoms with E-state index < -0.39 is 6.09 Å². The van der Waals surface area contributed by atoms with E-state index in [-0.39, 0.29) is 12.6 Å². The molecule has 1 heterocycles. The predicted molar refractivity (Wildman–Crippen MR) is 100 cm³/mol. The van der Waals surface area contributed by atoms with Crippen LogP contribution in [0.1, 0.15) is 29.1 Å². The molecular weight excluding hydrogens is 346 g/mol. The number of rotatable bonds is 5. The van der Waals surface area contributed by atoms with Crippen molar-refractivity contribution < 1.29 is 9.53 Å². The molecule has 0 aliphatic heterocycles. The van der Waals surface area contributed by atoms with Crippen LogP contribution in [-0.4, -0.2) is 11.1 Å². The maximum atomic E-state index is 12.0. The molecule has 0 aliphatic carbocycles. The van der Waals surface area contributed by atoms with Gasteiger partial charge in [-0.1, -0.05) is 42.5 Å². The topological polar surface area (TPSA) is 75.0 Å². The highest BCUT2D eigenvalue weighted by Crippen LogP contribution is 2.25. The van der Waals surface area contributed by atoms with Gasteiger partial charge in [-0.15, -0.1) is 11.3 Å². The number of amides is 1. The Hall–Kier alpha value is -3.17. The third-order valence-electron chi connectivity index (χ3n) is 3.75. The van der Waals surface area contributed by atoms with E-state index >= 15 is 0 Å². The number of nitriles is 1. The second-order valence-electron chi connectivity index (χ2n) is 5.69. The third kappa shape index (κ3) is 4.47. The highest BCUT2D eigenvalue weighted by molar-refractivity contribution is 7.10. The van der Waals surface area contributed by atoms with Gasteiger partial charge >= 0.3 is 6.09 Å². The Morgan fingerprint density at radius 1 is 1.23 bits per heavy atom. The second-order valence-corrected chi connectivity index (χ2v) is 6.58. The van der Waals surface area contributed by atoms with Crippen LogP contribution < -0.4 is 5.32 Å². The normalized spacial score (nSPS) is 11.4. The van der Waals surface area contributed by atoms with Crippen LogP contribution in [0, 0.1) is 11.3 Å². The van der Waals surface area contributed by atoms with Gasteiger partial charge in [-0.25, -0.2) is 9.78 Å². The number of carbonyl (C=O) groups excluding carboxylic acids is 1. The highest BCUT2D eigenvalue weighted by atomic mass is 32.1. The van der Waals surface area contributed by atoms with Crippen molar-refractivity contribution in [3.8, 4) is 17.3 Å². The number of carbonyl (C=O) groups is 1. The van der Waals surface area contributed by atoms with Crippen LogP contribution in [0.2, 0.25) is 0 Å². The van der Waals surface area contributed by atoms with Gasteiger partial charge in [-0.2, -0.15) is 5.26 Å². The molecule has 1 aromatic heterocycles. The van der Waals surface area contributed by atoms with Gasteiger partial charge in [0, 0.05) is 10.9 Å². The SMILES string of the molecule is CC(NC(=O)OCc1ccccc1)c1nc(-c2ccc(C#N)cc2)cs1. The van der Waals surface area contributed by atoms with Gasteiger partial charge in [0.25, 0.3) is 0 Å². The van der Waals surface area contributed by atoms with Crippen molar-refractivity contribution in [3.63, 3.8) is 0 Å². The molecule has 2 aromatic carbocycles. The zero-order valence-electron chi connectivity index (χ0n) is 14.2. The lowest BCUT2D eigenvalue weighted by atomic mass is 10.1. The molecule has 0 fully saturated rings.